The highest BCUT2D eigenvalue weighted by Crippen LogP contribution is 2.11. The molecule has 0 saturated carbocycles. The number of benzene rings is 1. The number of halogens is 1. The van der Waals surface area contributed by atoms with Crippen molar-refractivity contribution in [1.82, 2.24) is 5.32 Å². The lowest BCUT2D eigenvalue weighted by atomic mass is 10.2. The van der Waals surface area contributed by atoms with Crippen LogP contribution in [0.15, 0.2) is 18.2 Å². The third kappa shape index (κ3) is 4.68. The van der Waals surface area contributed by atoms with Crippen LogP contribution in [-0.2, 0) is 4.74 Å². The molecule has 0 saturated heterocycles. The molecule has 0 radical (unpaired) electrons. The molecule has 1 rings (SSSR count). The van der Waals surface area contributed by atoms with Crippen LogP contribution in [0.1, 0.15) is 16.8 Å². The lowest BCUT2D eigenvalue weighted by molar-refractivity contribution is 0.0867. The first-order valence-corrected chi connectivity index (χ1v) is 5.67. The number of nitrogen functional groups attached to an aromatic ring is 1. The summed E-state index contributed by atoms with van der Waals surface area (Å²) < 4.78 is 17.9. The molecule has 4 N–H and O–H groups in total. The van der Waals surface area contributed by atoms with Crippen molar-refractivity contribution in [2.24, 2.45) is 0 Å². The Labute approximate surface area is 105 Å². The topological polar surface area (TPSA) is 84.6 Å². The SMILES string of the molecule is Nc1cc(C(=O)NCCCOCCO)ccc1F. The lowest BCUT2D eigenvalue weighted by Gasteiger charge is -2.06. The largest absolute Gasteiger partial charge is 0.396 e. The van der Waals surface area contributed by atoms with Gasteiger partial charge in [0, 0.05) is 18.7 Å². The van der Waals surface area contributed by atoms with Crippen LogP contribution >= 0.6 is 0 Å². The fourth-order valence-corrected chi connectivity index (χ4v) is 1.33. The molecule has 0 fully saturated rings. The molecule has 0 unspecified atom stereocenters. The van der Waals surface area contributed by atoms with Crippen molar-refractivity contribution in [3.05, 3.63) is 29.6 Å². The van der Waals surface area contributed by atoms with Crippen LogP contribution in [0.3, 0.4) is 0 Å². The van der Waals surface area contributed by atoms with Gasteiger partial charge in [0.25, 0.3) is 5.91 Å². The summed E-state index contributed by atoms with van der Waals surface area (Å²) in [5, 5.41) is 11.1. The predicted octanol–water partition coefficient (Wildman–Crippen LogP) is 0.537. The molecule has 0 bridgehead atoms. The molecule has 1 aromatic rings. The van der Waals surface area contributed by atoms with E-state index in [2.05, 4.69) is 5.32 Å². The summed E-state index contributed by atoms with van der Waals surface area (Å²) >= 11 is 0. The summed E-state index contributed by atoms with van der Waals surface area (Å²) in [5.74, 6) is -0.840. The minimum atomic E-state index is -0.538. The minimum Gasteiger partial charge on any atom is -0.396 e. The summed E-state index contributed by atoms with van der Waals surface area (Å²) in [6, 6.07) is 3.84. The lowest BCUT2D eigenvalue weighted by Crippen LogP contribution is -2.25. The van der Waals surface area contributed by atoms with Crippen LogP contribution < -0.4 is 11.1 Å². The van der Waals surface area contributed by atoms with Crippen LogP contribution in [0, 0.1) is 5.82 Å². The Morgan fingerprint density at radius 1 is 1.44 bits per heavy atom. The highest BCUT2D eigenvalue weighted by Gasteiger charge is 2.07. The molecular formula is C12H17FN2O3. The molecule has 0 aromatic heterocycles. The van der Waals surface area contributed by atoms with Gasteiger partial charge in [-0.25, -0.2) is 4.39 Å². The van der Waals surface area contributed by atoms with E-state index >= 15 is 0 Å². The van der Waals surface area contributed by atoms with Crippen LogP contribution in [0.5, 0.6) is 0 Å². The number of hydrogen-bond donors (Lipinski definition) is 3. The molecule has 6 heteroatoms. The number of carbonyl (C=O) groups excluding carboxylic acids is 1. The smallest absolute Gasteiger partial charge is 0.251 e. The number of nitrogens with two attached hydrogens (primary N) is 1. The number of nitrogens with one attached hydrogen (secondary N) is 1. The molecule has 0 heterocycles. The van der Waals surface area contributed by atoms with Crippen molar-refractivity contribution in [3.63, 3.8) is 0 Å². The Hall–Kier alpha value is -1.66. The number of aliphatic hydroxyl groups is 1. The van der Waals surface area contributed by atoms with E-state index in [4.69, 9.17) is 15.6 Å². The zero-order chi connectivity index (χ0) is 13.4. The molecule has 0 aliphatic heterocycles. The first-order valence-electron chi connectivity index (χ1n) is 5.67. The van der Waals surface area contributed by atoms with E-state index in [0.29, 0.717) is 31.7 Å². The standard InChI is InChI=1S/C12H17FN2O3/c13-10-3-2-9(8-11(10)14)12(17)15-4-1-6-18-7-5-16/h2-3,8,16H,1,4-7,14H2,(H,15,17). The number of carbonyl (C=O) groups is 1. The summed E-state index contributed by atoms with van der Waals surface area (Å²) in [6.45, 7) is 1.19. The van der Waals surface area contributed by atoms with Crippen molar-refractivity contribution >= 4 is 11.6 Å². The van der Waals surface area contributed by atoms with E-state index in [1.165, 1.54) is 12.1 Å². The number of hydrogen-bond acceptors (Lipinski definition) is 4. The van der Waals surface area contributed by atoms with Gasteiger partial charge in [-0.1, -0.05) is 0 Å². The number of aliphatic hydroxyl groups excluding tert-OH is 1. The Morgan fingerprint density at radius 2 is 2.22 bits per heavy atom. The van der Waals surface area contributed by atoms with E-state index < -0.39 is 5.82 Å². The molecule has 0 atom stereocenters. The number of amides is 1. The maximum absolute atomic E-state index is 12.9. The third-order valence-corrected chi connectivity index (χ3v) is 2.24. The number of ether oxygens (including phenoxy) is 1. The van der Waals surface area contributed by atoms with Crippen LogP contribution in [0.4, 0.5) is 10.1 Å². The van der Waals surface area contributed by atoms with Gasteiger partial charge in [0.2, 0.25) is 0 Å². The average molecular weight is 256 g/mol. The van der Waals surface area contributed by atoms with Gasteiger partial charge in [0.1, 0.15) is 5.82 Å². The van der Waals surface area contributed by atoms with Crippen LogP contribution in [-0.4, -0.2) is 37.4 Å². The molecule has 5 nitrogen and oxygen atoms in total. The van der Waals surface area contributed by atoms with E-state index in [-0.39, 0.29) is 18.2 Å². The fourth-order valence-electron chi connectivity index (χ4n) is 1.33. The Balaban J connectivity index is 2.30. The van der Waals surface area contributed by atoms with Gasteiger partial charge in [0.15, 0.2) is 0 Å². The molecule has 100 valence electrons. The number of anilines is 1. The van der Waals surface area contributed by atoms with Crippen LogP contribution in [0.2, 0.25) is 0 Å². The molecule has 1 amide bonds. The van der Waals surface area contributed by atoms with Gasteiger partial charge in [-0.15, -0.1) is 0 Å². The summed E-state index contributed by atoms with van der Waals surface area (Å²) in [4.78, 5) is 11.6. The van der Waals surface area contributed by atoms with Crippen molar-refractivity contribution in [2.45, 2.75) is 6.42 Å². The average Bonchev–Trinajstić information content (AvgIpc) is 2.36. The summed E-state index contributed by atoms with van der Waals surface area (Å²) in [7, 11) is 0. The van der Waals surface area contributed by atoms with E-state index in [9.17, 15) is 9.18 Å². The van der Waals surface area contributed by atoms with Gasteiger partial charge in [-0.2, -0.15) is 0 Å². The Bertz CT molecular complexity index is 399. The van der Waals surface area contributed by atoms with Gasteiger partial charge in [0.05, 0.1) is 18.9 Å². The van der Waals surface area contributed by atoms with Crippen molar-refractivity contribution in [1.29, 1.82) is 0 Å². The molecule has 0 aliphatic carbocycles. The quantitative estimate of drug-likeness (QED) is 0.491. The third-order valence-electron chi connectivity index (χ3n) is 2.24. The first kappa shape index (κ1) is 14.4. The molecule has 0 spiro atoms. The maximum Gasteiger partial charge on any atom is 0.251 e. The highest BCUT2D eigenvalue weighted by molar-refractivity contribution is 5.94. The van der Waals surface area contributed by atoms with Gasteiger partial charge >= 0.3 is 0 Å². The Morgan fingerprint density at radius 3 is 2.89 bits per heavy atom. The molecule has 0 aliphatic rings. The van der Waals surface area contributed by atoms with Crippen molar-refractivity contribution in [3.8, 4) is 0 Å². The molecule has 18 heavy (non-hydrogen) atoms. The second-order valence-corrected chi connectivity index (χ2v) is 3.68. The second-order valence-electron chi connectivity index (χ2n) is 3.68. The van der Waals surface area contributed by atoms with Crippen molar-refractivity contribution < 1.29 is 19.0 Å². The normalized spacial score (nSPS) is 10.3. The van der Waals surface area contributed by atoms with E-state index in [1.807, 2.05) is 0 Å². The number of rotatable bonds is 7. The predicted molar refractivity (Wildman–Crippen MR) is 65.7 cm³/mol. The molecular weight excluding hydrogens is 239 g/mol. The first-order chi connectivity index (χ1) is 8.65. The fraction of sp³-hybridized carbons (Fsp3) is 0.417. The monoisotopic (exact) mass is 256 g/mol. The van der Waals surface area contributed by atoms with E-state index in [0.717, 1.165) is 6.07 Å². The van der Waals surface area contributed by atoms with Gasteiger partial charge in [-0.3, -0.25) is 4.79 Å². The zero-order valence-corrected chi connectivity index (χ0v) is 9.99. The maximum atomic E-state index is 12.9. The summed E-state index contributed by atoms with van der Waals surface area (Å²) in [5.41, 5.74) is 5.65. The zero-order valence-electron chi connectivity index (χ0n) is 9.99. The highest BCUT2D eigenvalue weighted by atomic mass is 19.1. The van der Waals surface area contributed by atoms with Crippen LogP contribution in [0.25, 0.3) is 0 Å². The minimum absolute atomic E-state index is 0.0127. The van der Waals surface area contributed by atoms with Gasteiger partial charge in [-0.05, 0) is 24.6 Å². The summed E-state index contributed by atoms with van der Waals surface area (Å²) in [6.07, 6.45) is 0.641. The molecule has 1 aromatic carbocycles. The van der Waals surface area contributed by atoms with Crippen molar-refractivity contribution in [2.75, 3.05) is 32.1 Å². The van der Waals surface area contributed by atoms with E-state index in [1.54, 1.807) is 0 Å². The van der Waals surface area contributed by atoms with Gasteiger partial charge < -0.3 is 20.9 Å². The Kier molecular flexibility index (Phi) is 6.10. The second kappa shape index (κ2) is 7.62.